The van der Waals surface area contributed by atoms with Gasteiger partial charge in [0.05, 0.1) is 5.69 Å². The van der Waals surface area contributed by atoms with Crippen LogP contribution in [-0.4, -0.2) is 4.98 Å². The second kappa shape index (κ2) is 4.36. The van der Waals surface area contributed by atoms with Crippen LogP contribution in [0.2, 0.25) is 0 Å². The van der Waals surface area contributed by atoms with E-state index < -0.39 is 0 Å². The predicted octanol–water partition coefficient (Wildman–Crippen LogP) is 4.24. The van der Waals surface area contributed by atoms with Crippen molar-refractivity contribution in [2.24, 2.45) is 5.41 Å². The molecule has 0 fully saturated rings. The van der Waals surface area contributed by atoms with E-state index >= 15 is 0 Å². The van der Waals surface area contributed by atoms with Gasteiger partial charge in [0.2, 0.25) is 5.89 Å². The van der Waals surface area contributed by atoms with Crippen molar-refractivity contribution in [3.63, 3.8) is 0 Å². The molecule has 0 unspecified atom stereocenters. The number of aromatic nitrogens is 1. The monoisotopic (exact) mass is 229 g/mol. The maximum absolute atomic E-state index is 5.74. The molecule has 0 spiro atoms. The molecule has 90 valence electrons. The summed E-state index contributed by atoms with van der Waals surface area (Å²) in [6, 6.07) is 10.0. The largest absolute Gasteiger partial charge is 0.441 e. The van der Waals surface area contributed by atoms with Crippen molar-refractivity contribution in [3.05, 3.63) is 41.8 Å². The lowest BCUT2D eigenvalue weighted by atomic mass is 9.90. The number of nitrogens with zero attached hydrogens (tertiary/aromatic N) is 1. The summed E-state index contributed by atoms with van der Waals surface area (Å²) < 4.78 is 5.74. The number of benzene rings is 1. The first-order valence-corrected chi connectivity index (χ1v) is 5.97. The van der Waals surface area contributed by atoms with Gasteiger partial charge in [0.1, 0.15) is 5.76 Å². The fraction of sp³-hybridized carbons (Fsp3) is 0.400. The third-order valence-corrected chi connectivity index (χ3v) is 2.61. The van der Waals surface area contributed by atoms with Crippen LogP contribution in [0.4, 0.5) is 0 Å². The van der Waals surface area contributed by atoms with Gasteiger partial charge in [-0.1, -0.05) is 39.0 Å². The van der Waals surface area contributed by atoms with Crippen LogP contribution in [0.15, 0.2) is 34.7 Å². The normalized spacial score (nSPS) is 11.8. The smallest absolute Gasteiger partial charge is 0.226 e. The van der Waals surface area contributed by atoms with E-state index in [1.165, 1.54) is 0 Å². The molecule has 1 heterocycles. The molecule has 0 saturated heterocycles. The minimum atomic E-state index is 0.232. The average molecular weight is 229 g/mol. The average Bonchev–Trinajstić information content (AvgIpc) is 2.59. The fourth-order valence-electron chi connectivity index (χ4n) is 1.80. The lowest BCUT2D eigenvalue weighted by Gasteiger charge is -2.15. The van der Waals surface area contributed by atoms with E-state index in [1.807, 2.05) is 37.3 Å². The van der Waals surface area contributed by atoms with Gasteiger partial charge in [0.15, 0.2) is 0 Å². The highest BCUT2D eigenvalue weighted by molar-refractivity contribution is 5.53. The minimum Gasteiger partial charge on any atom is -0.441 e. The maximum atomic E-state index is 5.74. The summed E-state index contributed by atoms with van der Waals surface area (Å²) in [4.78, 5) is 4.60. The quantitative estimate of drug-likeness (QED) is 0.769. The Kier molecular flexibility index (Phi) is 3.05. The molecule has 0 atom stereocenters. The van der Waals surface area contributed by atoms with E-state index in [9.17, 15) is 0 Å². The zero-order valence-corrected chi connectivity index (χ0v) is 10.9. The number of rotatable bonds is 2. The highest BCUT2D eigenvalue weighted by atomic mass is 16.4. The van der Waals surface area contributed by atoms with Gasteiger partial charge in [-0.15, -0.1) is 0 Å². The highest BCUT2D eigenvalue weighted by Crippen LogP contribution is 2.26. The molecule has 0 saturated carbocycles. The van der Waals surface area contributed by atoms with Crippen LogP contribution in [-0.2, 0) is 6.42 Å². The molecule has 0 amide bonds. The second-order valence-corrected chi connectivity index (χ2v) is 5.63. The molecule has 2 aromatic rings. The number of hydrogen-bond donors (Lipinski definition) is 0. The molecule has 2 rings (SSSR count). The fourth-order valence-corrected chi connectivity index (χ4v) is 1.80. The van der Waals surface area contributed by atoms with Crippen LogP contribution < -0.4 is 0 Å². The maximum Gasteiger partial charge on any atom is 0.226 e. The molecule has 0 radical (unpaired) electrons. The van der Waals surface area contributed by atoms with Crippen molar-refractivity contribution < 1.29 is 4.42 Å². The van der Waals surface area contributed by atoms with Gasteiger partial charge < -0.3 is 4.42 Å². The number of aryl methyl sites for hydroxylation is 1. The molecule has 2 heteroatoms. The van der Waals surface area contributed by atoms with Gasteiger partial charge in [-0.2, -0.15) is 0 Å². The summed E-state index contributed by atoms with van der Waals surface area (Å²) in [5, 5.41) is 0. The standard InChI is InChI=1S/C15H19NO/c1-11-13(10-15(2,3)4)16-14(17-11)12-8-6-5-7-9-12/h5-9H,10H2,1-4H3. The van der Waals surface area contributed by atoms with Gasteiger partial charge in [-0.25, -0.2) is 4.98 Å². The van der Waals surface area contributed by atoms with Crippen molar-refractivity contribution >= 4 is 0 Å². The van der Waals surface area contributed by atoms with Crippen molar-refractivity contribution in [3.8, 4) is 11.5 Å². The zero-order chi connectivity index (χ0) is 12.5. The first kappa shape index (κ1) is 11.9. The van der Waals surface area contributed by atoms with Crippen LogP contribution in [0.5, 0.6) is 0 Å². The molecule has 2 nitrogen and oxygen atoms in total. The molecular weight excluding hydrogens is 210 g/mol. The van der Waals surface area contributed by atoms with Crippen LogP contribution >= 0.6 is 0 Å². The van der Waals surface area contributed by atoms with Gasteiger partial charge in [0.25, 0.3) is 0 Å². The van der Waals surface area contributed by atoms with E-state index in [1.54, 1.807) is 0 Å². The Morgan fingerprint density at radius 1 is 1.12 bits per heavy atom. The third-order valence-electron chi connectivity index (χ3n) is 2.61. The minimum absolute atomic E-state index is 0.232. The van der Waals surface area contributed by atoms with E-state index in [2.05, 4.69) is 25.8 Å². The molecule has 17 heavy (non-hydrogen) atoms. The van der Waals surface area contributed by atoms with E-state index in [0.717, 1.165) is 29.3 Å². The van der Waals surface area contributed by atoms with E-state index in [4.69, 9.17) is 4.42 Å². The first-order chi connectivity index (χ1) is 7.96. The predicted molar refractivity (Wildman–Crippen MR) is 69.8 cm³/mol. The van der Waals surface area contributed by atoms with Gasteiger partial charge >= 0.3 is 0 Å². The molecule has 1 aromatic carbocycles. The summed E-state index contributed by atoms with van der Waals surface area (Å²) >= 11 is 0. The Labute approximate surface area is 103 Å². The Morgan fingerprint density at radius 3 is 2.35 bits per heavy atom. The lowest BCUT2D eigenvalue weighted by molar-refractivity contribution is 0.403. The highest BCUT2D eigenvalue weighted by Gasteiger charge is 2.18. The molecule has 0 aliphatic rings. The van der Waals surface area contributed by atoms with Crippen molar-refractivity contribution in [1.29, 1.82) is 0 Å². The first-order valence-electron chi connectivity index (χ1n) is 5.97. The van der Waals surface area contributed by atoms with Gasteiger partial charge in [-0.05, 0) is 30.9 Å². The van der Waals surface area contributed by atoms with Crippen molar-refractivity contribution in [2.45, 2.75) is 34.1 Å². The Hall–Kier alpha value is -1.57. The summed E-state index contributed by atoms with van der Waals surface area (Å²) in [5.74, 6) is 1.65. The summed E-state index contributed by atoms with van der Waals surface area (Å²) in [7, 11) is 0. The summed E-state index contributed by atoms with van der Waals surface area (Å²) in [5.41, 5.74) is 2.34. The summed E-state index contributed by atoms with van der Waals surface area (Å²) in [6.07, 6.45) is 0.940. The third kappa shape index (κ3) is 2.96. The zero-order valence-electron chi connectivity index (χ0n) is 10.9. The molecule has 1 aromatic heterocycles. The van der Waals surface area contributed by atoms with Crippen LogP contribution in [0, 0.1) is 12.3 Å². The van der Waals surface area contributed by atoms with Crippen molar-refractivity contribution in [1.82, 2.24) is 4.98 Å². The van der Waals surface area contributed by atoms with Crippen LogP contribution in [0.3, 0.4) is 0 Å². The molecule has 0 aliphatic heterocycles. The Balaban J connectivity index is 2.31. The Bertz CT molecular complexity index is 491. The van der Waals surface area contributed by atoms with E-state index in [0.29, 0.717) is 0 Å². The summed E-state index contributed by atoms with van der Waals surface area (Å²) in [6.45, 7) is 8.62. The van der Waals surface area contributed by atoms with Gasteiger partial charge in [-0.3, -0.25) is 0 Å². The molecule has 0 bridgehead atoms. The van der Waals surface area contributed by atoms with Gasteiger partial charge in [0, 0.05) is 5.56 Å². The van der Waals surface area contributed by atoms with E-state index in [-0.39, 0.29) is 5.41 Å². The SMILES string of the molecule is Cc1oc(-c2ccccc2)nc1CC(C)(C)C. The molecule has 0 N–H and O–H groups in total. The number of oxazole rings is 1. The van der Waals surface area contributed by atoms with Crippen LogP contribution in [0.25, 0.3) is 11.5 Å². The number of hydrogen-bond acceptors (Lipinski definition) is 2. The molecular formula is C15H19NO. The van der Waals surface area contributed by atoms with Crippen molar-refractivity contribution in [2.75, 3.05) is 0 Å². The van der Waals surface area contributed by atoms with Crippen LogP contribution in [0.1, 0.15) is 32.2 Å². The second-order valence-electron chi connectivity index (χ2n) is 5.63. The topological polar surface area (TPSA) is 26.0 Å². The Morgan fingerprint density at radius 2 is 1.76 bits per heavy atom. The lowest BCUT2D eigenvalue weighted by Crippen LogP contribution is -2.10. The molecule has 0 aliphatic carbocycles.